The molecule has 0 radical (unpaired) electrons. The van der Waals surface area contributed by atoms with E-state index in [1.807, 2.05) is 0 Å². The van der Waals surface area contributed by atoms with Gasteiger partial charge in [0.1, 0.15) is 0 Å². The van der Waals surface area contributed by atoms with Crippen molar-refractivity contribution in [2.75, 3.05) is 13.2 Å². The Balaban J connectivity index is 3.38. The Bertz CT molecular complexity index is 1200. The number of hydrogen-bond donors (Lipinski definition) is 3. The van der Waals surface area contributed by atoms with E-state index >= 15 is 0 Å². The molecule has 0 aromatic carbocycles. The van der Waals surface area contributed by atoms with E-state index in [4.69, 9.17) is 4.74 Å². The molecule has 0 aromatic rings. The normalized spacial score (nSPS) is 12.6. The average Bonchev–Trinajstić information content (AvgIpc) is 3.43. The maximum Gasteiger partial charge on any atom is 0.305 e. The van der Waals surface area contributed by atoms with Gasteiger partial charge in [-0.15, -0.1) is 0 Å². The third-order valence-electron chi connectivity index (χ3n) is 16.5. The minimum Gasteiger partial charge on any atom is -0.466 e. The number of aliphatic hydroxyl groups excluding tert-OH is 2. The summed E-state index contributed by atoms with van der Waals surface area (Å²) in [5.41, 5.74) is 0. The van der Waals surface area contributed by atoms with E-state index in [9.17, 15) is 19.8 Å². The van der Waals surface area contributed by atoms with Crippen molar-refractivity contribution in [2.45, 2.75) is 405 Å². The van der Waals surface area contributed by atoms with Crippen LogP contribution >= 0.6 is 0 Å². The zero-order chi connectivity index (χ0) is 55.7. The van der Waals surface area contributed by atoms with Gasteiger partial charge in [-0.25, -0.2) is 0 Å². The van der Waals surface area contributed by atoms with Gasteiger partial charge in [0.2, 0.25) is 5.91 Å². The number of nitrogens with one attached hydrogen (secondary N) is 1. The van der Waals surface area contributed by atoms with Gasteiger partial charge >= 0.3 is 5.97 Å². The number of aliphatic hydroxyl groups is 2. The molecule has 2 atom stereocenters. The second-order valence-electron chi connectivity index (χ2n) is 24.2. The molecular formula is C71H137NO5. The molecule has 0 aromatic heterocycles. The highest BCUT2D eigenvalue weighted by atomic mass is 16.5. The Morgan fingerprint density at radius 1 is 0.351 bits per heavy atom. The molecule has 2 unspecified atom stereocenters. The Morgan fingerprint density at radius 3 is 0.922 bits per heavy atom. The van der Waals surface area contributed by atoms with Crippen LogP contribution in [0, 0.1) is 0 Å². The van der Waals surface area contributed by atoms with E-state index in [2.05, 4.69) is 43.5 Å². The highest BCUT2D eigenvalue weighted by molar-refractivity contribution is 5.76. The second kappa shape index (κ2) is 66.8. The lowest BCUT2D eigenvalue weighted by molar-refractivity contribution is -0.143. The molecule has 0 bridgehead atoms. The Labute approximate surface area is 481 Å². The van der Waals surface area contributed by atoms with E-state index in [1.54, 1.807) is 0 Å². The Morgan fingerprint density at radius 2 is 0.610 bits per heavy atom. The minimum atomic E-state index is -0.667. The number of carbonyl (C=O) groups excluding carboxylic acids is 2. The van der Waals surface area contributed by atoms with Crippen molar-refractivity contribution in [3.8, 4) is 0 Å². The van der Waals surface area contributed by atoms with Gasteiger partial charge in [-0.1, -0.05) is 327 Å². The number of esters is 1. The largest absolute Gasteiger partial charge is 0.466 e. The molecule has 0 aliphatic heterocycles. The summed E-state index contributed by atoms with van der Waals surface area (Å²) in [6, 6.07) is -0.544. The lowest BCUT2D eigenvalue weighted by Crippen LogP contribution is -2.45. The summed E-state index contributed by atoms with van der Waals surface area (Å²) in [5.74, 6) is -0.0235. The van der Waals surface area contributed by atoms with Crippen LogP contribution in [-0.4, -0.2) is 47.4 Å². The summed E-state index contributed by atoms with van der Waals surface area (Å²) in [6.07, 6.45) is 83.6. The lowest BCUT2D eigenvalue weighted by atomic mass is 10.0. The first-order valence-electron chi connectivity index (χ1n) is 35.1. The summed E-state index contributed by atoms with van der Waals surface area (Å²) in [6.45, 7) is 4.98. The predicted molar refractivity (Wildman–Crippen MR) is 338 cm³/mol. The van der Waals surface area contributed by atoms with Crippen molar-refractivity contribution in [3.63, 3.8) is 0 Å². The quantitative estimate of drug-likeness (QED) is 0.0320. The van der Waals surface area contributed by atoms with Crippen molar-refractivity contribution in [2.24, 2.45) is 0 Å². The highest BCUT2D eigenvalue weighted by Crippen LogP contribution is 2.19. The molecule has 1 amide bonds. The van der Waals surface area contributed by atoms with Crippen molar-refractivity contribution < 1.29 is 24.5 Å². The third-order valence-corrected chi connectivity index (χ3v) is 16.5. The summed E-state index contributed by atoms with van der Waals surface area (Å²) < 4.78 is 5.50. The molecule has 6 heteroatoms. The van der Waals surface area contributed by atoms with Gasteiger partial charge in [0, 0.05) is 12.8 Å². The van der Waals surface area contributed by atoms with Crippen LogP contribution in [0.1, 0.15) is 393 Å². The number of hydrogen-bond acceptors (Lipinski definition) is 5. The Kier molecular flexibility index (Phi) is 65.4. The standard InChI is InChI=1S/C71H137NO5/c1-3-5-7-9-11-13-15-17-19-21-32-35-39-43-47-51-55-59-63-69(74)68(67-73)72-70(75)64-60-56-52-48-44-40-36-33-29-27-25-23-22-24-26-28-30-34-38-42-46-50-54-58-62-66-77-71(76)65-61-57-53-49-45-41-37-31-20-18-16-14-12-10-8-6-4-2/h18,20,23,25,68-69,73-74H,3-17,19,21-22,24,26-67H2,1-2H3,(H,72,75)/b20-18-,25-23-. The number of unbranched alkanes of at least 4 members (excludes halogenated alkanes) is 51. The molecular weight excluding hydrogens is 947 g/mol. The van der Waals surface area contributed by atoms with Crippen LogP contribution in [0.4, 0.5) is 0 Å². The molecule has 0 saturated heterocycles. The summed E-state index contributed by atoms with van der Waals surface area (Å²) >= 11 is 0. The highest BCUT2D eigenvalue weighted by Gasteiger charge is 2.20. The number of rotatable bonds is 66. The monoisotopic (exact) mass is 1080 g/mol. The van der Waals surface area contributed by atoms with E-state index in [0.717, 1.165) is 44.9 Å². The number of ether oxygens (including phenoxy) is 1. The van der Waals surface area contributed by atoms with Crippen LogP contribution in [0.25, 0.3) is 0 Å². The molecule has 0 rings (SSSR count). The van der Waals surface area contributed by atoms with Crippen LogP contribution in [0.15, 0.2) is 24.3 Å². The molecule has 77 heavy (non-hydrogen) atoms. The van der Waals surface area contributed by atoms with Gasteiger partial charge in [0.25, 0.3) is 0 Å². The second-order valence-corrected chi connectivity index (χ2v) is 24.2. The van der Waals surface area contributed by atoms with Gasteiger partial charge in [0.05, 0.1) is 25.4 Å². The zero-order valence-electron chi connectivity index (χ0n) is 52.2. The van der Waals surface area contributed by atoms with E-state index in [-0.39, 0.29) is 18.5 Å². The smallest absolute Gasteiger partial charge is 0.305 e. The van der Waals surface area contributed by atoms with E-state index < -0.39 is 12.1 Å². The molecule has 0 heterocycles. The first-order chi connectivity index (χ1) is 38.0. The van der Waals surface area contributed by atoms with Gasteiger partial charge in [-0.05, 0) is 77.0 Å². The third kappa shape index (κ3) is 63.4. The predicted octanol–water partition coefficient (Wildman–Crippen LogP) is 22.5. The maximum absolute atomic E-state index is 12.5. The lowest BCUT2D eigenvalue weighted by Gasteiger charge is -2.22. The van der Waals surface area contributed by atoms with Gasteiger partial charge in [-0.2, -0.15) is 0 Å². The summed E-state index contributed by atoms with van der Waals surface area (Å²) in [7, 11) is 0. The van der Waals surface area contributed by atoms with Crippen LogP contribution < -0.4 is 5.32 Å². The van der Waals surface area contributed by atoms with Crippen LogP contribution in [-0.2, 0) is 14.3 Å². The van der Waals surface area contributed by atoms with Crippen LogP contribution in [0.3, 0.4) is 0 Å². The van der Waals surface area contributed by atoms with Crippen molar-refractivity contribution in [1.29, 1.82) is 0 Å². The molecule has 0 saturated carbocycles. The van der Waals surface area contributed by atoms with Crippen molar-refractivity contribution >= 4 is 11.9 Å². The SMILES string of the molecule is CCCCCCCC/C=C\CCCCCCCCCC(=O)OCCCCCCCCCCCCCC/C=C\CCCCCCCCCCCC(=O)NC(CO)C(O)CCCCCCCCCCCCCCCCCCCC. The van der Waals surface area contributed by atoms with E-state index in [1.165, 1.54) is 315 Å². The fraction of sp³-hybridized carbons (Fsp3) is 0.915. The molecule has 6 nitrogen and oxygen atoms in total. The number of amides is 1. The maximum atomic E-state index is 12.5. The minimum absolute atomic E-state index is 0.0110. The molecule has 0 aliphatic rings. The van der Waals surface area contributed by atoms with Gasteiger partial charge in [-0.3, -0.25) is 9.59 Å². The molecule has 0 fully saturated rings. The summed E-state index contributed by atoms with van der Waals surface area (Å²) in [4.78, 5) is 24.6. The van der Waals surface area contributed by atoms with Gasteiger partial charge in [0.15, 0.2) is 0 Å². The topological polar surface area (TPSA) is 95.9 Å². The Hall–Kier alpha value is -1.66. The molecule has 0 spiro atoms. The van der Waals surface area contributed by atoms with E-state index in [0.29, 0.717) is 25.9 Å². The zero-order valence-corrected chi connectivity index (χ0v) is 52.2. The van der Waals surface area contributed by atoms with Crippen molar-refractivity contribution in [3.05, 3.63) is 24.3 Å². The summed E-state index contributed by atoms with van der Waals surface area (Å²) in [5, 5.41) is 23.4. The molecule has 3 N–H and O–H groups in total. The average molecular weight is 1080 g/mol. The fourth-order valence-corrected chi connectivity index (χ4v) is 11.1. The number of allylic oxidation sites excluding steroid dienone is 4. The fourth-order valence-electron chi connectivity index (χ4n) is 11.1. The van der Waals surface area contributed by atoms with Crippen molar-refractivity contribution in [1.82, 2.24) is 5.32 Å². The van der Waals surface area contributed by atoms with Crippen LogP contribution in [0.2, 0.25) is 0 Å². The first-order valence-corrected chi connectivity index (χ1v) is 35.1. The van der Waals surface area contributed by atoms with Gasteiger partial charge < -0.3 is 20.3 Å². The molecule has 0 aliphatic carbocycles. The first kappa shape index (κ1) is 75.3. The molecule has 456 valence electrons. The van der Waals surface area contributed by atoms with Crippen LogP contribution in [0.5, 0.6) is 0 Å². The number of carbonyl (C=O) groups is 2.